The maximum Gasteiger partial charge on any atom is 0.203 e. The summed E-state index contributed by atoms with van der Waals surface area (Å²) < 4.78 is 1.93. The molecule has 1 aliphatic rings. The van der Waals surface area contributed by atoms with Crippen molar-refractivity contribution in [3.8, 4) is 0 Å². The van der Waals surface area contributed by atoms with Crippen molar-refractivity contribution in [1.82, 2.24) is 24.9 Å². The second kappa shape index (κ2) is 3.16. The fourth-order valence-corrected chi connectivity index (χ4v) is 1.63. The molecule has 1 aliphatic heterocycles. The summed E-state index contributed by atoms with van der Waals surface area (Å²) in [5, 5.41) is 14.7. The van der Waals surface area contributed by atoms with Gasteiger partial charge in [0, 0.05) is 25.5 Å². The first-order valence-electron chi connectivity index (χ1n) is 4.98. The van der Waals surface area contributed by atoms with Gasteiger partial charge in [-0.25, -0.2) is 4.98 Å². The predicted molar refractivity (Wildman–Crippen MR) is 55.8 cm³/mol. The molecule has 0 aromatic carbocycles. The zero-order chi connectivity index (χ0) is 10.3. The molecule has 3 rings (SSSR count). The highest BCUT2D eigenvalue weighted by atomic mass is 15.3. The standard InChI is InChI=1S/C9H12N6/c1-6-13-14-9-8(11-2-3-15(6)9)12-7-4-10-5-7/h2-3,7,10H,4-5H2,1H3,(H,11,12). The van der Waals surface area contributed by atoms with Crippen LogP contribution in [0.1, 0.15) is 5.82 Å². The van der Waals surface area contributed by atoms with Gasteiger partial charge in [0.15, 0.2) is 5.82 Å². The number of nitrogens with one attached hydrogen (secondary N) is 2. The van der Waals surface area contributed by atoms with Gasteiger partial charge in [0.2, 0.25) is 5.65 Å². The van der Waals surface area contributed by atoms with E-state index in [9.17, 15) is 0 Å². The Morgan fingerprint density at radius 2 is 2.33 bits per heavy atom. The van der Waals surface area contributed by atoms with Crippen LogP contribution in [0.3, 0.4) is 0 Å². The van der Waals surface area contributed by atoms with Gasteiger partial charge in [-0.3, -0.25) is 4.40 Å². The fourth-order valence-electron chi connectivity index (χ4n) is 1.63. The molecule has 0 unspecified atom stereocenters. The van der Waals surface area contributed by atoms with Crippen molar-refractivity contribution in [2.24, 2.45) is 0 Å². The van der Waals surface area contributed by atoms with Crippen molar-refractivity contribution < 1.29 is 0 Å². The van der Waals surface area contributed by atoms with Crippen LogP contribution in [-0.2, 0) is 0 Å². The Hall–Kier alpha value is -1.69. The minimum atomic E-state index is 0.459. The highest BCUT2D eigenvalue weighted by molar-refractivity contribution is 5.62. The van der Waals surface area contributed by atoms with E-state index in [4.69, 9.17) is 0 Å². The lowest BCUT2D eigenvalue weighted by molar-refractivity contribution is 0.471. The van der Waals surface area contributed by atoms with E-state index in [0.717, 1.165) is 30.4 Å². The van der Waals surface area contributed by atoms with E-state index in [1.54, 1.807) is 6.20 Å². The summed E-state index contributed by atoms with van der Waals surface area (Å²) in [6, 6.07) is 0.459. The summed E-state index contributed by atoms with van der Waals surface area (Å²) in [4.78, 5) is 4.28. The summed E-state index contributed by atoms with van der Waals surface area (Å²) in [7, 11) is 0. The molecule has 1 saturated heterocycles. The second-order valence-corrected chi connectivity index (χ2v) is 3.72. The van der Waals surface area contributed by atoms with Gasteiger partial charge in [0.1, 0.15) is 5.82 Å². The highest BCUT2D eigenvalue weighted by Gasteiger charge is 2.18. The Bertz CT molecular complexity index is 486. The largest absolute Gasteiger partial charge is 0.362 e. The second-order valence-electron chi connectivity index (χ2n) is 3.72. The molecule has 3 heterocycles. The molecule has 2 N–H and O–H groups in total. The minimum Gasteiger partial charge on any atom is -0.362 e. The van der Waals surface area contributed by atoms with Crippen LogP contribution >= 0.6 is 0 Å². The number of nitrogens with zero attached hydrogens (tertiary/aromatic N) is 4. The Morgan fingerprint density at radius 3 is 3.07 bits per heavy atom. The van der Waals surface area contributed by atoms with Crippen LogP contribution in [0.15, 0.2) is 12.4 Å². The number of rotatable bonds is 2. The zero-order valence-electron chi connectivity index (χ0n) is 8.44. The van der Waals surface area contributed by atoms with Crippen molar-refractivity contribution in [2.75, 3.05) is 18.4 Å². The summed E-state index contributed by atoms with van der Waals surface area (Å²) in [6.45, 7) is 3.89. The lowest BCUT2D eigenvalue weighted by Gasteiger charge is -2.28. The van der Waals surface area contributed by atoms with Gasteiger partial charge in [0.25, 0.3) is 0 Å². The molecule has 2 aromatic heterocycles. The van der Waals surface area contributed by atoms with Gasteiger partial charge in [-0.05, 0) is 6.92 Å². The molecule has 0 spiro atoms. The zero-order valence-corrected chi connectivity index (χ0v) is 8.44. The van der Waals surface area contributed by atoms with Crippen LogP contribution in [0.2, 0.25) is 0 Å². The molecule has 0 amide bonds. The minimum absolute atomic E-state index is 0.459. The Morgan fingerprint density at radius 1 is 1.47 bits per heavy atom. The smallest absolute Gasteiger partial charge is 0.203 e. The fraction of sp³-hybridized carbons (Fsp3) is 0.444. The molecular formula is C9H12N6. The summed E-state index contributed by atoms with van der Waals surface area (Å²) >= 11 is 0. The van der Waals surface area contributed by atoms with E-state index in [0.29, 0.717) is 6.04 Å². The van der Waals surface area contributed by atoms with Gasteiger partial charge in [-0.2, -0.15) is 0 Å². The maximum absolute atomic E-state index is 4.28. The monoisotopic (exact) mass is 204 g/mol. The number of aryl methyl sites for hydroxylation is 1. The number of anilines is 1. The molecule has 1 fully saturated rings. The molecule has 0 bridgehead atoms. The molecule has 15 heavy (non-hydrogen) atoms. The SMILES string of the molecule is Cc1nnc2c(NC3CNC3)nccn12. The molecule has 2 aromatic rings. The molecule has 78 valence electrons. The first kappa shape index (κ1) is 8.60. The molecular weight excluding hydrogens is 192 g/mol. The van der Waals surface area contributed by atoms with E-state index < -0.39 is 0 Å². The van der Waals surface area contributed by atoms with Gasteiger partial charge in [-0.15, -0.1) is 10.2 Å². The van der Waals surface area contributed by atoms with E-state index in [1.807, 2.05) is 17.5 Å². The molecule has 0 saturated carbocycles. The van der Waals surface area contributed by atoms with Crippen molar-refractivity contribution in [2.45, 2.75) is 13.0 Å². The predicted octanol–water partition coefficient (Wildman–Crippen LogP) is -0.184. The molecule has 6 nitrogen and oxygen atoms in total. The lowest BCUT2D eigenvalue weighted by atomic mass is 10.2. The summed E-state index contributed by atoms with van der Waals surface area (Å²) in [5.41, 5.74) is 0.793. The summed E-state index contributed by atoms with van der Waals surface area (Å²) in [6.07, 6.45) is 3.63. The summed E-state index contributed by atoms with van der Waals surface area (Å²) in [5.74, 6) is 1.69. The first-order valence-corrected chi connectivity index (χ1v) is 4.98. The Labute approximate surface area is 86.7 Å². The third kappa shape index (κ3) is 1.33. The van der Waals surface area contributed by atoms with Crippen molar-refractivity contribution in [3.63, 3.8) is 0 Å². The number of hydrogen-bond acceptors (Lipinski definition) is 5. The first-order chi connectivity index (χ1) is 7.34. The molecule has 0 aliphatic carbocycles. The normalized spacial score (nSPS) is 16.6. The number of aromatic nitrogens is 4. The average Bonchev–Trinajstić information content (AvgIpc) is 2.55. The van der Waals surface area contributed by atoms with Crippen LogP contribution in [0.5, 0.6) is 0 Å². The Balaban J connectivity index is 2.01. The Kier molecular flexibility index (Phi) is 1.81. The van der Waals surface area contributed by atoms with Gasteiger partial charge in [-0.1, -0.05) is 0 Å². The van der Waals surface area contributed by atoms with Crippen LogP contribution < -0.4 is 10.6 Å². The molecule has 6 heteroatoms. The maximum atomic E-state index is 4.28. The lowest BCUT2D eigenvalue weighted by Crippen LogP contribution is -2.51. The van der Waals surface area contributed by atoms with Gasteiger partial charge in [0.05, 0.1) is 6.04 Å². The van der Waals surface area contributed by atoms with Crippen LogP contribution in [0.4, 0.5) is 5.82 Å². The van der Waals surface area contributed by atoms with Crippen molar-refractivity contribution in [3.05, 3.63) is 18.2 Å². The number of hydrogen-bond donors (Lipinski definition) is 2. The van der Waals surface area contributed by atoms with E-state index in [-0.39, 0.29) is 0 Å². The van der Waals surface area contributed by atoms with E-state index in [1.165, 1.54) is 0 Å². The molecule has 0 radical (unpaired) electrons. The average molecular weight is 204 g/mol. The molecule has 0 atom stereocenters. The number of fused-ring (bicyclic) bond motifs is 1. The van der Waals surface area contributed by atoms with Gasteiger partial charge >= 0.3 is 0 Å². The van der Waals surface area contributed by atoms with E-state index in [2.05, 4.69) is 25.8 Å². The third-order valence-corrected chi connectivity index (χ3v) is 2.62. The van der Waals surface area contributed by atoms with Crippen molar-refractivity contribution >= 4 is 11.5 Å². The topological polar surface area (TPSA) is 67.1 Å². The quantitative estimate of drug-likeness (QED) is 0.710. The van der Waals surface area contributed by atoms with Gasteiger partial charge < -0.3 is 10.6 Å². The van der Waals surface area contributed by atoms with Crippen LogP contribution in [0, 0.1) is 6.92 Å². The van der Waals surface area contributed by atoms with Crippen LogP contribution in [0.25, 0.3) is 5.65 Å². The van der Waals surface area contributed by atoms with Crippen molar-refractivity contribution in [1.29, 1.82) is 0 Å². The van der Waals surface area contributed by atoms with Crippen LogP contribution in [-0.4, -0.2) is 38.7 Å². The third-order valence-electron chi connectivity index (χ3n) is 2.62. The van der Waals surface area contributed by atoms with E-state index >= 15 is 0 Å². The highest BCUT2D eigenvalue weighted by Crippen LogP contribution is 2.13.